The molecule has 2 rings (SSSR count). The first-order valence-electron chi connectivity index (χ1n) is 5.94. The van der Waals surface area contributed by atoms with Crippen molar-refractivity contribution in [2.45, 2.75) is 0 Å². The summed E-state index contributed by atoms with van der Waals surface area (Å²) >= 11 is 11.9. The Morgan fingerprint density at radius 1 is 1.00 bits per heavy atom. The molecule has 0 aliphatic carbocycles. The first kappa shape index (κ1) is 15.5. The van der Waals surface area contributed by atoms with Gasteiger partial charge in [-0.1, -0.05) is 29.3 Å². The molecule has 21 heavy (non-hydrogen) atoms. The first-order valence-corrected chi connectivity index (χ1v) is 6.70. The summed E-state index contributed by atoms with van der Waals surface area (Å²) in [7, 11) is 3.00. The van der Waals surface area contributed by atoms with Crippen molar-refractivity contribution in [3.05, 3.63) is 52.0 Å². The standard InChI is InChI=1S/C15H12Cl2O4/c1-19-10-6-9(7-11(8-10)20-2)15(18)21-13-5-3-4-12(16)14(13)17/h3-8H,1-2H3. The van der Waals surface area contributed by atoms with Crippen LogP contribution in [-0.4, -0.2) is 20.2 Å². The molecule has 0 aromatic heterocycles. The molecular formula is C15H12Cl2O4. The third-order valence-corrected chi connectivity index (χ3v) is 3.51. The van der Waals surface area contributed by atoms with E-state index in [9.17, 15) is 4.79 Å². The Morgan fingerprint density at radius 3 is 2.19 bits per heavy atom. The van der Waals surface area contributed by atoms with Crippen molar-refractivity contribution in [3.63, 3.8) is 0 Å². The lowest BCUT2D eigenvalue weighted by Crippen LogP contribution is -2.09. The fraction of sp³-hybridized carbons (Fsp3) is 0.133. The van der Waals surface area contributed by atoms with Crippen LogP contribution < -0.4 is 14.2 Å². The molecule has 0 amide bonds. The van der Waals surface area contributed by atoms with E-state index in [4.69, 9.17) is 37.4 Å². The molecule has 0 aliphatic rings. The van der Waals surface area contributed by atoms with Gasteiger partial charge in [-0.25, -0.2) is 4.79 Å². The number of rotatable bonds is 4. The van der Waals surface area contributed by atoms with Crippen molar-refractivity contribution in [2.75, 3.05) is 14.2 Å². The number of carbonyl (C=O) groups excluding carboxylic acids is 1. The largest absolute Gasteiger partial charge is 0.497 e. The Morgan fingerprint density at radius 2 is 1.62 bits per heavy atom. The normalized spacial score (nSPS) is 10.1. The monoisotopic (exact) mass is 326 g/mol. The lowest BCUT2D eigenvalue weighted by molar-refractivity contribution is 0.0734. The van der Waals surface area contributed by atoms with Crippen molar-refractivity contribution >= 4 is 29.2 Å². The van der Waals surface area contributed by atoms with Gasteiger partial charge >= 0.3 is 5.97 Å². The van der Waals surface area contributed by atoms with Gasteiger partial charge in [0.05, 0.1) is 24.8 Å². The molecule has 6 heteroatoms. The molecule has 4 nitrogen and oxygen atoms in total. The second-order valence-corrected chi connectivity index (χ2v) is 4.83. The minimum Gasteiger partial charge on any atom is -0.497 e. The number of benzene rings is 2. The highest BCUT2D eigenvalue weighted by molar-refractivity contribution is 6.43. The summed E-state index contributed by atoms with van der Waals surface area (Å²) in [6.45, 7) is 0. The van der Waals surface area contributed by atoms with Crippen LogP contribution >= 0.6 is 23.2 Å². The third-order valence-electron chi connectivity index (χ3n) is 2.71. The van der Waals surface area contributed by atoms with Gasteiger partial charge in [-0.2, -0.15) is 0 Å². The van der Waals surface area contributed by atoms with Gasteiger partial charge in [0.2, 0.25) is 0 Å². The fourth-order valence-electron chi connectivity index (χ4n) is 1.65. The molecule has 0 spiro atoms. The van der Waals surface area contributed by atoms with Crippen molar-refractivity contribution in [1.82, 2.24) is 0 Å². The molecule has 0 bridgehead atoms. The molecule has 2 aromatic rings. The Hall–Kier alpha value is -1.91. The van der Waals surface area contributed by atoms with Crippen molar-refractivity contribution < 1.29 is 19.0 Å². The Balaban J connectivity index is 2.30. The van der Waals surface area contributed by atoms with E-state index in [0.717, 1.165) is 0 Å². The number of ether oxygens (including phenoxy) is 3. The zero-order valence-electron chi connectivity index (χ0n) is 11.4. The van der Waals surface area contributed by atoms with Crippen LogP contribution in [0.4, 0.5) is 0 Å². The van der Waals surface area contributed by atoms with Gasteiger partial charge in [0.1, 0.15) is 16.5 Å². The quantitative estimate of drug-likeness (QED) is 0.623. The summed E-state index contributed by atoms with van der Waals surface area (Å²) in [6.07, 6.45) is 0. The number of methoxy groups -OCH3 is 2. The van der Waals surface area contributed by atoms with Gasteiger partial charge in [-0.3, -0.25) is 0 Å². The fourth-order valence-corrected chi connectivity index (χ4v) is 1.98. The second-order valence-electron chi connectivity index (χ2n) is 4.04. The average Bonchev–Trinajstić information content (AvgIpc) is 2.51. The van der Waals surface area contributed by atoms with E-state index in [1.54, 1.807) is 36.4 Å². The number of carbonyl (C=O) groups is 1. The van der Waals surface area contributed by atoms with E-state index in [-0.39, 0.29) is 16.3 Å². The van der Waals surface area contributed by atoms with Crippen LogP contribution in [0, 0.1) is 0 Å². The van der Waals surface area contributed by atoms with Crippen LogP contribution in [0.2, 0.25) is 10.0 Å². The molecular weight excluding hydrogens is 315 g/mol. The predicted molar refractivity (Wildman–Crippen MR) is 81.0 cm³/mol. The van der Waals surface area contributed by atoms with Crippen LogP contribution in [0.1, 0.15) is 10.4 Å². The van der Waals surface area contributed by atoms with Crippen LogP contribution in [0.5, 0.6) is 17.2 Å². The highest BCUT2D eigenvalue weighted by Crippen LogP contribution is 2.32. The minimum atomic E-state index is -0.587. The minimum absolute atomic E-state index is 0.183. The summed E-state index contributed by atoms with van der Waals surface area (Å²) in [5.74, 6) is 0.573. The van der Waals surface area contributed by atoms with Crippen LogP contribution in [0.3, 0.4) is 0 Å². The summed E-state index contributed by atoms with van der Waals surface area (Å²) in [5, 5.41) is 0.493. The lowest BCUT2D eigenvalue weighted by Gasteiger charge is -2.09. The highest BCUT2D eigenvalue weighted by atomic mass is 35.5. The van der Waals surface area contributed by atoms with Gasteiger partial charge in [0.15, 0.2) is 5.75 Å². The molecule has 0 fully saturated rings. The smallest absolute Gasteiger partial charge is 0.343 e. The molecule has 110 valence electrons. The molecule has 0 aliphatic heterocycles. The maximum Gasteiger partial charge on any atom is 0.343 e. The van der Waals surface area contributed by atoms with Crippen molar-refractivity contribution in [3.8, 4) is 17.2 Å². The van der Waals surface area contributed by atoms with E-state index in [1.165, 1.54) is 14.2 Å². The van der Waals surface area contributed by atoms with Gasteiger partial charge in [-0.15, -0.1) is 0 Å². The Bertz CT molecular complexity index is 648. The zero-order chi connectivity index (χ0) is 15.4. The van der Waals surface area contributed by atoms with E-state index >= 15 is 0 Å². The lowest BCUT2D eigenvalue weighted by atomic mass is 10.2. The molecule has 0 saturated carbocycles. The highest BCUT2D eigenvalue weighted by Gasteiger charge is 2.15. The van der Waals surface area contributed by atoms with E-state index in [0.29, 0.717) is 16.5 Å². The molecule has 2 aromatic carbocycles. The maximum absolute atomic E-state index is 12.2. The first-order chi connectivity index (χ1) is 10.0. The number of hydrogen-bond donors (Lipinski definition) is 0. The van der Waals surface area contributed by atoms with Crippen LogP contribution in [0.15, 0.2) is 36.4 Å². The van der Waals surface area contributed by atoms with E-state index < -0.39 is 5.97 Å². The second kappa shape index (κ2) is 6.70. The summed E-state index contributed by atoms with van der Waals surface area (Å²) in [4.78, 5) is 12.2. The average molecular weight is 327 g/mol. The number of halogens is 2. The number of hydrogen-bond acceptors (Lipinski definition) is 4. The molecule has 0 unspecified atom stereocenters. The van der Waals surface area contributed by atoms with E-state index in [1.807, 2.05) is 0 Å². The topological polar surface area (TPSA) is 44.8 Å². The summed E-state index contributed by atoms with van der Waals surface area (Å²) in [6, 6.07) is 9.55. The van der Waals surface area contributed by atoms with Crippen molar-refractivity contribution in [1.29, 1.82) is 0 Å². The number of esters is 1. The SMILES string of the molecule is COc1cc(OC)cc(C(=O)Oc2cccc(Cl)c2Cl)c1. The summed E-state index contributed by atoms with van der Waals surface area (Å²) < 4.78 is 15.5. The summed E-state index contributed by atoms with van der Waals surface area (Å²) in [5.41, 5.74) is 0.280. The zero-order valence-corrected chi connectivity index (χ0v) is 12.9. The van der Waals surface area contributed by atoms with Crippen LogP contribution in [-0.2, 0) is 0 Å². The third kappa shape index (κ3) is 3.60. The van der Waals surface area contributed by atoms with Crippen molar-refractivity contribution in [2.24, 2.45) is 0 Å². The van der Waals surface area contributed by atoms with Gasteiger partial charge in [-0.05, 0) is 24.3 Å². The molecule has 0 radical (unpaired) electrons. The molecule has 0 saturated heterocycles. The maximum atomic E-state index is 12.2. The van der Waals surface area contributed by atoms with Crippen LogP contribution in [0.25, 0.3) is 0 Å². The Kier molecular flexibility index (Phi) is 4.94. The molecule has 0 heterocycles. The van der Waals surface area contributed by atoms with E-state index in [2.05, 4.69) is 0 Å². The van der Waals surface area contributed by atoms with Gasteiger partial charge in [0.25, 0.3) is 0 Å². The van der Waals surface area contributed by atoms with Gasteiger partial charge in [0, 0.05) is 6.07 Å². The molecule has 0 atom stereocenters. The van der Waals surface area contributed by atoms with Gasteiger partial charge < -0.3 is 14.2 Å². The predicted octanol–water partition coefficient (Wildman–Crippen LogP) is 4.23. The Labute approximate surface area is 132 Å². The molecule has 0 N–H and O–H groups in total.